The van der Waals surface area contributed by atoms with Gasteiger partial charge in [0.15, 0.2) is 0 Å². The maximum Gasteiger partial charge on any atom is 0.416 e. The summed E-state index contributed by atoms with van der Waals surface area (Å²) in [7, 11) is 0. The number of benzene rings is 2. The summed E-state index contributed by atoms with van der Waals surface area (Å²) in [5, 5.41) is 8.30. The molecule has 0 fully saturated rings. The Morgan fingerprint density at radius 3 is 2.48 bits per heavy atom. The smallest absolute Gasteiger partial charge is 0.346 e. The van der Waals surface area contributed by atoms with E-state index < -0.39 is 17.8 Å². The lowest BCUT2D eigenvalue weighted by molar-refractivity contribution is -0.137. The zero-order valence-electron chi connectivity index (χ0n) is 14.2. The van der Waals surface area contributed by atoms with Gasteiger partial charge in [-0.15, -0.1) is 0 Å². The van der Waals surface area contributed by atoms with E-state index in [0.717, 1.165) is 17.7 Å². The summed E-state index contributed by atoms with van der Waals surface area (Å²) >= 11 is 5.44. The summed E-state index contributed by atoms with van der Waals surface area (Å²) in [6.07, 6.45) is -4.44. The Labute approximate surface area is 159 Å². The Hall–Kier alpha value is -2.87. The fourth-order valence-electron chi connectivity index (χ4n) is 2.86. The minimum Gasteiger partial charge on any atom is -0.346 e. The van der Waals surface area contributed by atoms with Crippen molar-refractivity contribution in [3.8, 4) is 0 Å². The van der Waals surface area contributed by atoms with Crippen LogP contribution in [0.5, 0.6) is 0 Å². The average Bonchev–Trinajstić information content (AvgIpc) is 2.61. The first-order chi connectivity index (χ1) is 12.8. The molecule has 1 heterocycles. The van der Waals surface area contributed by atoms with Crippen LogP contribution in [-0.4, -0.2) is 11.0 Å². The van der Waals surface area contributed by atoms with Crippen molar-refractivity contribution in [2.45, 2.75) is 19.1 Å². The number of alkyl halides is 3. The quantitative estimate of drug-likeness (QED) is 0.661. The van der Waals surface area contributed by atoms with Crippen LogP contribution < -0.4 is 16.0 Å². The lowest BCUT2D eigenvalue weighted by Gasteiger charge is -2.30. The molecule has 1 atom stereocenters. The number of nitrogens with one attached hydrogen (secondary N) is 3. The Morgan fingerprint density at radius 1 is 1.11 bits per heavy atom. The summed E-state index contributed by atoms with van der Waals surface area (Å²) in [4.78, 5) is 12.1. The van der Waals surface area contributed by atoms with Gasteiger partial charge in [-0.1, -0.05) is 48.6 Å². The molecular formula is C19H16F3N3OS. The van der Waals surface area contributed by atoms with Crippen molar-refractivity contribution in [3.05, 3.63) is 77.0 Å². The van der Waals surface area contributed by atoms with E-state index in [9.17, 15) is 18.0 Å². The largest absolute Gasteiger partial charge is 0.416 e. The first-order valence-corrected chi connectivity index (χ1v) is 8.48. The molecule has 0 aromatic heterocycles. The van der Waals surface area contributed by atoms with Crippen LogP contribution in [0.15, 0.2) is 65.9 Å². The molecule has 4 nitrogen and oxygen atoms in total. The zero-order valence-corrected chi connectivity index (χ0v) is 15.0. The molecule has 3 N–H and O–H groups in total. The highest BCUT2D eigenvalue weighted by molar-refractivity contribution is 7.81. The van der Waals surface area contributed by atoms with Gasteiger partial charge in [-0.3, -0.25) is 0 Å². The summed E-state index contributed by atoms with van der Waals surface area (Å²) in [5.41, 5.74) is 1.40. The maximum absolute atomic E-state index is 12.9. The van der Waals surface area contributed by atoms with Crippen molar-refractivity contribution < 1.29 is 18.0 Å². The van der Waals surface area contributed by atoms with Gasteiger partial charge in [-0.25, -0.2) is 4.79 Å². The highest BCUT2D eigenvalue weighted by Crippen LogP contribution is 2.32. The number of rotatable bonds is 3. The third-order valence-corrected chi connectivity index (χ3v) is 4.42. The number of hydrogen-bond acceptors (Lipinski definition) is 2. The summed E-state index contributed by atoms with van der Waals surface area (Å²) in [5.74, 6) is 0. The van der Waals surface area contributed by atoms with Crippen molar-refractivity contribution >= 4 is 28.9 Å². The SMILES string of the molecule is CC1=C(C(=S)Nc2cccc(C(F)(F)F)c2)C(c2ccccc2)NC(=O)N1. The molecule has 3 rings (SSSR count). The molecule has 0 spiro atoms. The minimum absolute atomic E-state index is 0.221. The average molecular weight is 391 g/mol. The van der Waals surface area contributed by atoms with Crippen molar-refractivity contribution in [1.82, 2.24) is 10.6 Å². The monoisotopic (exact) mass is 391 g/mol. The van der Waals surface area contributed by atoms with E-state index in [1.54, 1.807) is 6.92 Å². The van der Waals surface area contributed by atoms with E-state index >= 15 is 0 Å². The summed E-state index contributed by atoms with van der Waals surface area (Å²) < 4.78 is 38.8. The Morgan fingerprint density at radius 2 is 1.81 bits per heavy atom. The molecule has 0 bridgehead atoms. The molecule has 1 aliphatic rings. The van der Waals surface area contributed by atoms with Gasteiger partial charge < -0.3 is 16.0 Å². The molecule has 0 saturated carbocycles. The standard InChI is InChI=1S/C19H16F3N3OS/c1-11-15(16(25-18(26)23-11)12-6-3-2-4-7-12)17(27)24-14-9-5-8-13(10-14)19(20,21)22/h2-10,16H,1H3,(H,24,27)(H2,23,25,26). The lowest BCUT2D eigenvalue weighted by atomic mass is 9.95. The number of carbonyl (C=O) groups is 1. The molecule has 27 heavy (non-hydrogen) atoms. The predicted molar refractivity (Wildman–Crippen MR) is 101 cm³/mol. The zero-order chi connectivity index (χ0) is 19.6. The van der Waals surface area contributed by atoms with Gasteiger partial charge in [0, 0.05) is 17.0 Å². The normalized spacial score (nSPS) is 17.2. The highest BCUT2D eigenvalue weighted by atomic mass is 32.1. The van der Waals surface area contributed by atoms with Crippen LogP contribution in [0.3, 0.4) is 0 Å². The van der Waals surface area contributed by atoms with Gasteiger partial charge in [-0.2, -0.15) is 13.2 Å². The van der Waals surface area contributed by atoms with Crippen LogP contribution in [0.4, 0.5) is 23.7 Å². The maximum atomic E-state index is 12.9. The topological polar surface area (TPSA) is 53.2 Å². The van der Waals surface area contributed by atoms with Crippen LogP contribution in [0, 0.1) is 0 Å². The fourth-order valence-corrected chi connectivity index (χ4v) is 3.25. The van der Waals surface area contributed by atoms with Crippen LogP contribution in [0.25, 0.3) is 0 Å². The van der Waals surface area contributed by atoms with Gasteiger partial charge >= 0.3 is 12.2 Å². The molecule has 2 aromatic carbocycles. The minimum atomic E-state index is -4.44. The molecule has 0 aliphatic carbocycles. The number of carbonyl (C=O) groups excluding carboxylic acids is 1. The van der Waals surface area contributed by atoms with Crippen molar-refractivity contribution in [2.24, 2.45) is 0 Å². The van der Waals surface area contributed by atoms with Crippen LogP contribution in [-0.2, 0) is 6.18 Å². The van der Waals surface area contributed by atoms with Crippen LogP contribution in [0.1, 0.15) is 24.1 Å². The van der Waals surface area contributed by atoms with E-state index in [0.29, 0.717) is 11.3 Å². The molecule has 8 heteroatoms. The summed E-state index contributed by atoms with van der Waals surface area (Å²) in [6, 6.07) is 13.1. The fraction of sp³-hybridized carbons (Fsp3) is 0.158. The van der Waals surface area contributed by atoms with Gasteiger partial charge in [0.2, 0.25) is 0 Å². The second-order valence-corrected chi connectivity index (χ2v) is 6.42. The lowest BCUT2D eigenvalue weighted by Crippen LogP contribution is -2.45. The second-order valence-electron chi connectivity index (χ2n) is 6.01. The number of amides is 2. The molecule has 1 aliphatic heterocycles. The molecule has 2 aromatic rings. The number of halogens is 3. The van der Waals surface area contributed by atoms with E-state index in [1.165, 1.54) is 12.1 Å². The van der Waals surface area contributed by atoms with E-state index in [1.807, 2.05) is 30.3 Å². The number of anilines is 1. The summed E-state index contributed by atoms with van der Waals surface area (Å²) in [6.45, 7) is 1.70. The predicted octanol–water partition coefficient (Wildman–Crippen LogP) is 4.77. The van der Waals surface area contributed by atoms with Gasteiger partial charge in [0.25, 0.3) is 0 Å². The molecule has 140 valence electrons. The molecular weight excluding hydrogens is 375 g/mol. The first-order valence-electron chi connectivity index (χ1n) is 8.07. The van der Waals surface area contributed by atoms with Crippen LogP contribution >= 0.6 is 12.2 Å². The second kappa shape index (κ2) is 7.40. The number of thiocarbonyl (C=S) groups is 1. The van der Waals surface area contributed by atoms with Crippen molar-refractivity contribution in [1.29, 1.82) is 0 Å². The molecule has 0 radical (unpaired) electrons. The van der Waals surface area contributed by atoms with E-state index in [2.05, 4.69) is 16.0 Å². The van der Waals surface area contributed by atoms with E-state index in [4.69, 9.17) is 12.2 Å². The Kier molecular flexibility index (Phi) is 5.18. The number of allylic oxidation sites excluding steroid dienone is 1. The Balaban J connectivity index is 1.92. The molecule has 1 unspecified atom stereocenters. The molecule has 0 saturated heterocycles. The van der Waals surface area contributed by atoms with Gasteiger partial charge in [-0.05, 0) is 30.7 Å². The number of urea groups is 1. The van der Waals surface area contributed by atoms with Gasteiger partial charge in [0.05, 0.1) is 11.6 Å². The van der Waals surface area contributed by atoms with Gasteiger partial charge in [0.1, 0.15) is 4.99 Å². The van der Waals surface area contributed by atoms with Crippen molar-refractivity contribution in [2.75, 3.05) is 5.32 Å². The van der Waals surface area contributed by atoms with E-state index in [-0.39, 0.29) is 16.7 Å². The van der Waals surface area contributed by atoms with Crippen LogP contribution in [0.2, 0.25) is 0 Å². The first kappa shape index (κ1) is 18.9. The molecule has 2 amide bonds. The van der Waals surface area contributed by atoms with Crippen molar-refractivity contribution in [3.63, 3.8) is 0 Å². The third kappa shape index (κ3) is 4.28. The third-order valence-electron chi connectivity index (χ3n) is 4.09. The Bertz CT molecular complexity index is 910. The highest BCUT2D eigenvalue weighted by Gasteiger charge is 2.31. The number of hydrogen-bond donors (Lipinski definition) is 3.